The molecule has 1 fully saturated rings. The number of nitrogens with zero attached hydrogens (tertiary/aromatic N) is 1. The van der Waals surface area contributed by atoms with Gasteiger partial charge < -0.3 is 19.7 Å². The molecule has 0 bridgehead atoms. The molecule has 3 rings (SSSR count). The van der Waals surface area contributed by atoms with Gasteiger partial charge >= 0.3 is 12.0 Å². The van der Waals surface area contributed by atoms with Crippen LogP contribution in [0.1, 0.15) is 65.5 Å². The molecule has 192 valence electrons. The van der Waals surface area contributed by atoms with Gasteiger partial charge in [0.15, 0.2) is 0 Å². The second-order valence-electron chi connectivity index (χ2n) is 11.4. The number of methoxy groups -OCH3 is 1. The van der Waals surface area contributed by atoms with E-state index >= 15 is 0 Å². The Balaban J connectivity index is 1.96. The number of esters is 1. The number of hydrogen-bond donors (Lipinski definition) is 1. The van der Waals surface area contributed by atoms with E-state index in [9.17, 15) is 9.59 Å². The van der Waals surface area contributed by atoms with Crippen LogP contribution < -0.4 is 5.32 Å². The van der Waals surface area contributed by atoms with E-state index in [1.54, 1.807) is 4.90 Å². The summed E-state index contributed by atoms with van der Waals surface area (Å²) in [5, 5.41) is 3.92. The van der Waals surface area contributed by atoms with Crippen LogP contribution in [0.2, 0.25) is 5.02 Å². The number of rotatable bonds is 7. The normalized spacial score (nSPS) is 23.8. The van der Waals surface area contributed by atoms with Crippen molar-refractivity contribution in [3.63, 3.8) is 0 Å². The number of ether oxygens (including phenoxy) is 2. The average molecular weight is 503 g/mol. The van der Waals surface area contributed by atoms with Crippen LogP contribution in [0.3, 0.4) is 0 Å². The third-order valence-electron chi connectivity index (χ3n) is 7.36. The van der Waals surface area contributed by atoms with Crippen LogP contribution in [0.5, 0.6) is 0 Å². The van der Waals surface area contributed by atoms with Crippen molar-refractivity contribution in [1.29, 1.82) is 0 Å². The van der Waals surface area contributed by atoms with Crippen LogP contribution in [-0.2, 0) is 26.2 Å². The molecular formula is C28H39ClN2O4. The van der Waals surface area contributed by atoms with Crippen LogP contribution in [0.4, 0.5) is 4.79 Å². The van der Waals surface area contributed by atoms with E-state index in [0.29, 0.717) is 30.2 Å². The van der Waals surface area contributed by atoms with Crippen molar-refractivity contribution in [2.75, 3.05) is 20.3 Å². The quantitative estimate of drug-likeness (QED) is 0.367. The summed E-state index contributed by atoms with van der Waals surface area (Å²) in [5.41, 5.74) is 2.38. The predicted molar refractivity (Wildman–Crippen MR) is 139 cm³/mol. The van der Waals surface area contributed by atoms with Gasteiger partial charge in [-0.2, -0.15) is 0 Å². The van der Waals surface area contributed by atoms with Gasteiger partial charge in [0, 0.05) is 29.3 Å². The molecule has 0 radical (unpaired) electrons. The lowest BCUT2D eigenvalue weighted by atomic mass is 9.69. The number of halogens is 1. The Morgan fingerprint density at radius 3 is 2.63 bits per heavy atom. The summed E-state index contributed by atoms with van der Waals surface area (Å²) in [6.45, 7) is 17.3. The van der Waals surface area contributed by atoms with Crippen LogP contribution in [0, 0.1) is 11.3 Å². The van der Waals surface area contributed by atoms with Crippen LogP contribution >= 0.6 is 11.6 Å². The highest BCUT2D eigenvalue weighted by Gasteiger charge is 2.52. The summed E-state index contributed by atoms with van der Waals surface area (Å²) in [7, 11) is 1.32. The van der Waals surface area contributed by atoms with Crippen LogP contribution in [0.15, 0.2) is 42.1 Å². The first kappa shape index (κ1) is 27.3. The van der Waals surface area contributed by atoms with Crippen molar-refractivity contribution < 1.29 is 19.1 Å². The topological polar surface area (TPSA) is 67.9 Å². The van der Waals surface area contributed by atoms with Crippen molar-refractivity contribution >= 4 is 23.6 Å². The number of carbonyl (C=O) groups is 2. The zero-order chi connectivity index (χ0) is 26.2. The molecule has 2 amide bonds. The maximum atomic E-state index is 13.2. The first-order chi connectivity index (χ1) is 16.2. The van der Waals surface area contributed by atoms with Crippen LogP contribution in [0.25, 0.3) is 0 Å². The monoisotopic (exact) mass is 502 g/mol. The molecule has 35 heavy (non-hydrogen) atoms. The zero-order valence-electron chi connectivity index (χ0n) is 22.1. The number of nitrogens with one attached hydrogen (secondary N) is 1. The van der Waals surface area contributed by atoms with Crippen LogP contribution in [-0.4, -0.2) is 42.8 Å². The highest BCUT2D eigenvalue weighted by molar-refractivity contribution is 6.31. The average Bonchev–Trinajstić information content (AvgIpc) is 2.78. The van der Waals surface area contributed by atoms with Crippen molar-refractivity contribution in [3.8, 4) is 0 Å². The van der Waals surface area contributed by atoms with Gasteiger partial charge in [-0.15, -0.1) is 0 Å². The smallest absolute Gasteiger partial charge is 0.333 e. The predicted octanol–water partition coefficient (Wildman–Crippen LogP) is 5.99. The fourth-order valence-electron chi connectivity index (χ4n) is 4.57. The molecule has 2 aliphatic rings. The molecule has 1 unspecified atom stereocenters. The molecule has 0 spiro atoms. The third-order valence-corrected chi connectivity index (χ3v) is 7.71. The third kappa shape index (κ3) is 5.75. The summed E-state index contributed by atoms with van der Waals surface area (Å²) >= 11 is 6.75. The fraction of sp³-hybridized carbons (Fsp3) is 0.571. The van der Waals surface area contributed by atoms with Crippen molar-refractivity contribution in [2.24, 2.45) is 11.3 Å². The molecule has 7 heteroatoms. The van der Waals surface area contributed by atoms with E-state index in [1.165, 1.54) is 7.11 Å². The van der Waals surface area contributed by atoms with Crippen molar-refractivity contribution in [2.45, 2.75) is 71.9 Å². The number of fused-ring (bicyclic) bond motifs is 1. The Labute approximate surface area is 214 Å². The van der Waals surface area contributed by atoms with Gasteiger partial charge in [0.1, 0.15) is 5.54 Å². The SMILES string of the molecule is C=C(CCN1C=C2C(C)C(C)(C)OC[C@@]2(c2ccc(CCC(C)(C)C)c(Cl)c2)NC1=O)C(=O)OC. The van der Waals surface area contributed by atoms with E-state index in [0.717, 1.165) is 29.5 Å². The molecule has 1 aromatic rings. The first-order valence-electron chi connectivity index (χ1n) is 12.2. The van der Waals surface area contributed by atoms with E-state index in [2.05, 4.69) is 65.6 Å². The van der Waals surface area contributed by atoms with Gasteiger partial charge in [-0.05, 0) is 61.3 Å². The highest BCUT2D eigenvalue weighted by atomic mass is 35.5. The maximum Gasteiger partial charge on any atom is 0.333 e. The Kier molecular flexibility index (Phi) is 7.78. The minimum Gasteiger partial charge on any atom is -0.466 e. The number of amides is 2. The minimum atomic E-state index is -0.811. The Hall–Kier alpha value is -2.31. The van der Waals surface area contributed by atoms with Gasteiger partial charge in [-0.25, -0.2) is 9.59 Å². The van der Waals surface area contributed by atoms with Crippen molar-refractivity contribution in [1.82, 2.24) is 10.2 Å². The molecule has 1 N–H and O–H groups in total. The summed E-state index contributed by atoms with van der Waals surface area (Å²) in [6, 6.07) is 5.84. The second kappa shape index (κ2) is 9.98. The van der Waals surface area contributed by atoms with Gasteiger partial charge in [0.25, 0.3) is 0 Å². The number of urea groups is 1. The lowest BCUT2D eigenvalue weighted by Gasteiger charge is -2.53. The van der Waals surface area contributed by atoms with E-state index in [-0.39, 0.29) is 17.4 Å². The molecule has 2 heterocycles. The summed E-state index contributed by atoms with van der Waals surface area (Å²) in [6.07, 6.45) is 4.15. The van der Waals surface area contributed by atoms with E-state index in [4.69, 9.17) is 21.1 Å². The standard InChI is InChI=1S/C28H39ClN2O4/c1-18(24(32)34-8)12-14-31-16-22-19(2)27(6,7)35-17-28(22,30-25(31)33)21-10-9-20(23(29)15-21)11-13-26(3,4)5/h9-10,15-16,19H,1,11-14,17H2,2-8H3,(H,30,33)/t19?,28-/m0/s1. The Morgan fingerprint density at radius 1 is 1.34 bits per heavy atom. The molecule has 2 aliphatic heterocycles. The van der Waals surface area contributed by atoms with Gasteiger partial charge in [-0.1, -0.05) is 58.0 Å². The highest BCUT2D eigenvalue weighted by Crippen LogP contribution is 2.47. The zero-order valence-corrected chi connectivity index (χ0v) is 22.8. The number of aryl methyl sites for hydroxylation is 1. The fourth-order valence-corrected chi connectivity index (χ4v) is 4.85. The molecular weight excluding hydrogens is 464 g/mol. The minimum absolute atomic E-state index is 0.0162. The number of hydrogen-bond acceptors (Lipinski definition) is 4. The Bertz CT molecular complexity index is 1040. The second-order valence-corrected chi connectivity index (χ2v) is 11.8. The molecule has 1 saturated heterocycles. The van der Waals surface area contributed by atoms with Crippen molar-refractivity contribution in [3.05, 3.63) is 58.3 Å². The summed E-state index contributed by atoms with van der Waals surface area (Å²) in [4.78, 5) is 26.6. The molecule has 1 aromatic carbocycles. The van der Waals surface area contributed by atoms with Gasteiger partial charge in [-0.3, -0.25) is 0 Å². The first-order valence-corrected chi connectivity index (χ1v) is 12.6. The molecule has 0 saturated carbocycles. The Morgan fingerprint density at radius 2 is 2.03 bits per heavy atom. The molecule has 6 nitrogen and oxygen atoms in total. The molecule has 0 aliphatic carbocycles. The van der Waals surface area contributed by atoms with Gasteiger partial charge in [0.05, 0.1) is 19.3 Å². The number of carbonyl (C=O) groups excluding carboxylic acids is 2. The lowest BCUT2D eigenvalue weighted by molar-refractivity contribution is -0.136. The largest absolute Gasteiger partial charge is 0.466 e. The summed E-state index contributed by atoms with van der Waals surface area (Å²) < 4.78 is 11.0. The van der Waals surface area contributed by atoms with E-state index in [1.807, 2.05) is 12.3 Å². The summed E-state index contributed by atoms with van der Waals surface area (Å²) in [5.74, 6) is -0.450. The number of benzene rings is 1. The maximum absolute atomic E-state index is 13.2. The molecule has 0 aromatic heterocycles. The van der Waals surface area contributed by atoms with Gasteiger partial charge in [0.2, 0.25) is 0 Å². The molecule has 2 atom stereocenters. The van der Waals surface area contributed by atoms with E-state index < -0.39 is 17.1 Å². The lowest BCUT2D eigenvalue weighted by Crippen LogP contribution is -2.63.